The average Bonchev–Trinajstić information content (AvgIpc) is 2.74. The van der Waals surface area contributed by atoms with Crippen molar-refractivity contribution in [1.82, 2.24) is 15.1 Å². The molecule has 24 heavy (non-hydrogen) atoms. The van der Waals surface area contributed by atoms with Gasteiger partial charge in [-0.3, -0.25) is 14.6 Å². The van der Waals surface area contributed by atoms with Gasteiger partial charge in [0, 0.05) is 26.2 Å². The largest absolute Gasteiger partial charge is 0.371 e. The van der Waals surface area contributed by atoms with E-state index in [1.54, 1.807) is 26.0 Å². The van der Waals surface area contributed by atoms with E-state index in [0.29, 0.717) is 26.2 Å². The maximum atomic E-state index is 13.0. The Bertz CT molecular complexity index is 632. The quantitative estimate of drug-likeness (QED) is 0.848. The third-order valence-electron chi connectivity index (χ3n) is 4.48. The van der Waals surface area contributed by atoms with Gasteiger partial charge in [0.25, 0.3) is 5.91 Å². The highest BCUT2D eigenvalue weighted by molar-refractivity contribution is 6.06. The zero-order valence-electron chi connectivity index (χ0n) is 13.9. The zero-order chi connectivity index (χ0) is 17.3. The number of benzene rings is 1. The van der Waals surface area contributed by atoms with Crippen molar-refractivity contribution in [2.24, 2.45) is 0 Å². The first-order valence-electron chi connectivity index (χ1n) is 8.10. The summed E-state index contributed by atoms with van der Waals surface area (Å²) in [4.78, 5) is 27.5. The molecule has 2 aliphatic rings. The molecule has 1 N–H and O–H groups in total. The fourth-order valence-electron chi connectivity index (χ4n) is 3.05. The molecule has 7 heteroatoms. The minimum absolute atomic E-state index is 0.126. The normalized spacial score (nSPS) is 24.3. The number of halogens is 1. The van der Waals surface area contributed by atoms with Gasteiger partial charge >= 0.3 is 6.03 Å². The van der Waals surface area contributed by atoms with E-state index in [9.17, 15) is 14.0 Å². The van der Waals surface area contributed by atoms with E-state index in [0.717, 1.165) is 12.1 Å². The van der Waals surface area contributed by atoms with Gasteiger partial charge in [0.15, 0.2) is 0 Å². The molecule has 2 fully saturated rings. The van der Waals surface area contributed by atoms with Gasteiger partial charge in [-0.2, -0.15) is 0 Å². The molecule has 0 bridgehead atoms. The van der Waals surface area contributed by atoms with Gasteiger partial charge in [0.1, 0.15) is 11.4 Å². The first-order valence-corrected chi connectivity index (χ1v) is 8.10. The lowest BCUT2D eigenvalue weighted by molar-refractivity contribution is -0.130. The lowest BCUT2D eigenvalue weighted by atomic mass is 10.1. The summed E-state index contributed by atoms with van der Waals surface area (Å²) in [6, 6.07) is 5.96. The van der Waals surface area contributed by atoms with Crippen LogP contribution in [0.4, 0.5) is 9.18 Å². The molecular formula is C17H22FN3O3. The third-order valence-corrected chi connectivity index (χ3v) is 4.48. The first kappa shape index (κ1) is 16.9. The monoisotopic (exact) mass is 335 g/mol. The molecule has 2 aliphatic heterocycles. The molecule has 1 aromatic rings. The number of carbonyl (C=O) groups is 2. The van der Waals surface area contributed by atoms with Crippen molar-refractivity contribution in [3.8, 4) is 0 Å². The summed E-state index contributed by atoms with van der Waals surface area (Å²) >= 11 is 0. The van der Waals surface area contributed by atoms with Crippen LogP contribution in [0.1, 0.15) is 25.5 Å². The number of imide groups is 1. The van der Waals surface area contributed by atoms with Crippen LogP contribution in [0.25, 0.3) is 0 Å². The van der Waals surface area contributed by atoms with Gasteiger partial charge in [-0.15, -0.1) is 0 Å². The van der Waals surface area contributed by atoms with Gasteiger partial charge in [0.2, 0.25) is 0 Å². The topological polar surface area (TPSA) is 61.9 Å². The summed E-state index contributed by atoms with van der Waals surface area (Å²) in [7, 11) is 0. The molecule has 0 aromatic heterocycles. The van der Waals surface area contributed by atoms with Crippen LogP contribution in [0.2, 0.25) is 0 Å². The Labute approximate surface area is 140 Å². The van der Waals surface area contributed by atoms with Gasteiger partial charge < -0.3 is 10.1 Å². The fraction of sp³-hybridized carbons (Fsp3) is 0.529. The molecule has 0 spiro atoms. The fourth-order valence-corrected chi connectivity index (χ4v) is 3.05. The second kappa shape index (κ2) is 6.49. The zero-order valence-corrected chi connectivity index (χ0v) is 13.9. The number of urea groups is 1. The second-order valence-corrected chi connectivity index (χ2v) is 6.72. The number of nitrogens with one attached hydrogen (secondary N) is 1. The van der Waals surface area contributed by atoms with Crippen molar-refractivity contribution in [2.45, 2.75) is 25.5 Å². The molecule has 0 unspecified atom stereocenters. The van der Waals surface area contributed by atoms with Crippen LogP contribution in [0.3, 0.4) is 0 Å². The molecule has 3 amide bonds. The van der Waals surface area contributed by atoms with Crippen LogP contribution in [0, 0.1) is 5.82 Å². The van der Waals surface area contributed by atoms with Crippen molar-refractivity contribution in [3.05, 3.63) is 35.6 Å². The van der Waals surface area contributed by atoms with E-state index >= 15 is 0 Å². The van der Waals surface area contributed by atoms with Crippen molar-refractivity contribution in [2.75, 3.05) is 32.8 Å². The predicted molar refractivity (Wildman–Crippen MR) is 85.9 cm³/mol. The second-order valence-electron chi connectivity index (χ2n) is 6.72. The maximum Gasteiger partial charge on any atom is 0.325 e. The van der Waals surface area contributed by atoms with E-state index in [1.807, 2.05) is 0 Å². The number of morpholine rings is 1. The van der Waals surface area contributed by atoms with Gasteiger partial charge in [-0.1, -0.05) is 12.1 Å². The summed E-state index contributed by atoms with van der Waals surface area (Å²) in [5, 5.41) is 2.68. The molecule has 2 saturated heterocycles. The first-order chi connectivity index (χ1) is 11.4. The number of carbonyl (C=O) groups excluding carboxylic acids is 2. The Hall–Kier alpha value is -1.99. The Morgan fingerprint density at radius 3 is 2.58 bits per heavy atom. The molecule has 1 atom stereocenters. The van der Waals surface area contributed by atoms with E-state index in [2.05, 4.69) is 10.2 Å². The van der Waals surface area contributed by atoms with E-state index in [1.165, 1.54) is 17.0 Å². The smallest absolute Gasteiger partial charge is 0.325 e. The van der Waals surface area contributed by atoms with E-state index in [-0.39, 0.29) is 23.9 Å². The molecule has 0 aliphatic carbocycles. The average molecular weight is 335 g/mol. The highest BCUT2D eigenvalue weighted by Gasteiger charge is 2.44. The minimum Gasteiger partial charge on any atom is -0.371 e. The summed E-state index contributed by atoms with van der Waals surface area (Å²) < 4.78 is 18.8. The molecule has 2 heterocycles. The Morgan fingerprint density at radius 1 is 1.25 bits per heavy atom. The lowest BCUT2D eigenvalue weighted by Gasteiger charge is -2.33. The molecule has 1 aromatic carbocycles. The predicted octanol–water partition coefficient (Wildman–Crippen LogP) is 1.53. The third kappa shape index (κ3) is 3.42. The van der Waals surface area contributed by atoms with Gasteiger partial charge in [-0.05, 0) is 31.5 Å². The van der Waals surface area contributed by atoms with Crippen molar-refractivity contribution in [1.29, 1.82) is 0 Å². The van der Waals surface area contributed by atoms with Crippen molar-refractivity contribution in [3.63, 3.8) is 0 Å². The molecule has 130 valence electrons. The van der Waals surface area contributed by atoms with Crippen molar-refractivity contribution >= 4 is 11.9 Å². The van der Waals surface area contributed by atoms with Crippen LogP contribution in [-0.2, 0) is 9.53 Å². The highest BCUT2D eigenvalue weighted by atomic mass is 19.1. The Balaban J connectivity index is 1.57. The van der Waals surface area contributed by atoms with Crippen LogP contribution in [0.15, 0.2) is 24.3 Å². The maximum absolute atomic E-state index is 13.0. The van der Waals surface area contributed by atoms with E-state index in [4.69, 9.17) is 4.74 Å². The van der Waals surface area contributed by atoms with Crippen LogP contribution in [-0.4, -0.2) is 60.1 Å². The van der Waals surface area contributed by atoms with Crippen LogP contribution >= 0.6 is 0 Å². The summed E-state index contributed by atoms with van der Waals surface area (Å²) in [6.45, 7) is 6.30. The van der Waals surface area contributed by atoms with Crippen molar-refractivity contribution < 1.29 is 18.7 Å². The standard InChI is InChI=1S/C17H22FN3O3/c1-17(2)15(22)21(16(23)19-17)8-7-20-9-10-24-14(11-20)12-3-5-13(18)6-4-12/h3-6,14H,7-11H2,1-2H3,(H,19,23)/t14-/m1/s1. The van der Waals surface area contributed by atoms with Crippen LogP contribution < -0.4 is 5.32 Å². The highest BCUT2D eigenvalue weighted by Crippen LogP contribution is 2.23. The number of hydrogen-bond acceptors (Lipinski definition) is 4. The molecule has 3 rings (SSSR count). The number of amides is 3. The number of ether oxygens (including phenoxy) is 1. The summed E-state index contributed by atoms with van der Waals surface area (Å²) in [5.74, 6) is -0.469. The summed E-state index contributed by atoms with van der Waals surface area (Å²) in [6.07, 6.45) is -0.126. The van der Waals surface area contributed by atoms with Gasteiger partial charge in [0.05, 0.1) is 12.7 Å². The summed E-state index contributed by atoms with van der Waals surface area (Å²) in [5.41, 5.74) is 0.0934. The van der Waals surface area contributed by atoms with Crippen LogP contribution in [0.5, 0.6) is 0 Å². The lowest BCUT2D eigenvalue weighted by Crippen LogP contribution is -2.45. The molecular weight excluding hydrogens is 313 g/mol. The number of nitrogens with zero attached hydrogens (tertiary/aromatic N) is 2. The Kier molecular flexibility index (Phi) is 4.56. The van der Waals surface area contributed by atoms with Gasteiger partial charge in [-0.25, -0.2) is 9.18 Å². The minimum atomic E-state index is -0.835. The molecule has 0 saturated carbocycles. The molecule has 6 nitrogen and oxygen atoms in total. The Morgan fingerprint density at radius 2 is 1.96 bits per heavy atom. The number of rotatable bonds is 4. The number of hydrogen-bond donors (Lipinski definition) is 1. The molecule has 0 radical (unpaired) electrons. The SMILES string of the molecule is CC1(C)NC(=O)N(CCN2CCO[C@@H](c3ccc(F)cc3)C2)C1=O. The van der Waals surface area contributed by atoms with E-state index < -0.39 is 5.54 Å².